The van der Waals surface area contributed by atoms with Crippen molar-refractivity contribution >= 4 is 34.2 Å². The molecule has 1 N–H and O–H groups in total. The van der Waals surface area contributed by atoms with Crippen LogP contribution in [0.1, 0.15) is 0 Å². The molecule has 2 heterocycles. The summed E-state index contributed by atoms with van der Waals surface area (Å²) in [6.07, 6.45) is 1.29. The molecule has 3 aromatic rings. The van der Waals surface area contributed by atoms with E-state index in [9.17, 15) is 14.4 Å². The van der Waals surface area contributed by atoms with Crippen LogP contribution in [0, 0.1) is 0 Å². The van der Waals surface area contributed by atoms with Crippen molar-refractivity contribution in [3.63, 3.8) is 0 Å². The van der Waals surface area contributed by atoms with E-state index in [-0.39, 0.29) is 12.1 Å². The highest BCUT2D eigenvalue weighted by Gasteiger charge is 2.13. The van der Waals surface area contributed by atoms with Crippen LogP contribution in [0.25, 0.3) is 10.9 Å². The number of esters is 1. The lowest BCUT2D eigenvalue weighted by Gasteiger charge is -2.28. The summed E-state index contributed by atoms with van der Waals surface area (Å²) in [5.41, 5.74) is 1.87. The smallest absolute Gasteiger partial charge is 0.326 e. The van der Waals surface area contributed by atoms with Crippen LogP contribution in [0.5, 0.6) is 0 Å². The molecular formula is C22H22N4O5. The first-order valence-electron chi connectivity index (χ1n) is 9.92. The zero-order valence-corrected chi connectivity index (χ0v) is 16.8. The molecule has 0 bridgehead atoms. The summed E-state index contributed by atoms with van der Waals surface area (Å²) in [4.78, 5) is 42.9. The average molecular weight is 422 g/mol. The van der Waals surface area contributed by atoms with Crippen molar-refractivity contribution in [3.8, 4) is 0 Å². The Morgan fingerprint density at radius 1 is 1.06 bits per heavy atom. The third kappa shape index (κ3) is 5.07. The number of hydrogen-bond acceptors (Lipinski definition) is 7. The molecule has 31 heavy (non-hydrogen) atoms. The number of nitrogens with zero attached hydrogens (tertiary/aromatic N) is 3. The number of nitrogens with one attached hydrogen (secondary N) is 1. The second-order valence-corrected chi connectivity index (χ2v) is 7.05. The van der Waals surface area contributed by atoms with Gasteiger partial charge in [0.1, 0.15) is 6.54 Å². The Bertz CT molecular complexity index is 1140. The van der Waals surface area contributed by atoms with Gasteiger partial charge in [0.2, 0.25) is 0 Å². The monoisotopic (exact) mass is 422 g/mol. The first-order chi connectivity index (χ1) is 15.1. The highest BCUT2D eigenvalue weighted by Crippen LogP contribution is 2.19. The van der Waals surface area contributed by atoms with Gasteiger partial charge >= 0.3 is 5.97 Å². The highest BCUT2D eigenvalue weighted by atomic mass is 16.5. The molecule has 1 aliphatic rings. The van der Waals surface area contributed by atoms with Crippen molar-refractivity contribution in [2.45, 2.75) is 6.54 Å². The Morgan fingerprint density at radius 3 is 2.58 bits per heavy atom. The van der Waals surface area contributed by atoms with E-state index in [0.717, 1.165) is 23.3 Å². The number of carbonyl (C=O) groups excluding carboxylic acids is 2. The Kier molecular flexibility index (Phi) is 6.23. The van der Waals surface area contributed by atoms with Crippen LogP contribution in [-0.2, 0) is 25.6 Å². The van der Waals surface area contributed by atoms with E-state index in [0.29, 0.717) is 29.8 Å². The van der Waals surface area contributed by atoms with Gasteiger partial charge in [-0.05, 0) is 36.4 Å². The average Bonchev–Trinajstić information content (AvgIpc) is 2.81. The molecular weight excluding hydrogens is 400 g/mol. The third-order valence-corrected chi connectivity index (χ3v) is 4.92. The zero-order valence-electron chi connectivity index (χ0n) is 16.8. The molecule has 1 aromatic heterocycles. The topological polar surface area (TPSA) is 103 Å². The summed E-state index contributed by atoms with van der Waals surface area (Å²) in [6, 6.07) is 14.3. The van der Waals surface area contributed by atoms with Crippen LogP contribution < -0.4 is 15.8 Å². The van der Waals surface area contributed by atoms with Gasteiger partial charge in [0.25, 0.3) is 11.5 Å². The van der Waals surface area contributed by atoms with Crippen molar-refractivity contribution in [2.75, 3.05) is 43.1 Å². The lowest BCUT2D eigenvalue weighted by molar-refractivity contribution is -0.147. The van der Waals surface area contributed by atoms with Crippen LogP contribution >= 0.6 is 0 Å². The van der Waals surface area contributed by atoms with Gasteiger partial charge in [0.15, 0.2) is 6.61 Å². The number of rotatable bonds is 6. The number of carbonyl (C=O) groups is 2. The number of hydrogen-bond donors (Lipinski definition) is 1. The molecule has 0 unspecified atom stereocenters. The van der Waals surface area contributed by atoms with E-state index in [2.05, 4.69) is 15.2 Å². The third-order valence-electron chi connectivity index (χ3n) is 4.92. The predicted octanol–water partition coefficient (Wildman–Crippen LogP) is 1.41. The molecule has 160 valence electrons. The van der Waals surface area contributed by atoms with Crippen molar-refractivity contribution in [2.24, 2.45) is 0 Å². The summed E-state index contributed by atoms with van der Waals surface area (Å²) in [5.74, 6) is -1.16. The lowest BCUT2D eigenvalue weighted by atomic mass is 10.2. The summed E-state index contributed by atoms with van der Waals surface area (Å²) in [6.45, 7) is 2.30. The fourth-order valence-electron chi connectivity index (χ4n) is 3.32. The van der Waals surface area contributed by atoms with Gasteiger partial charge < -0.3 is 19.7 Å². The molecule has 0 saturated carbocycles. The predicted molar refractivity (Wildman–Crippen MR) is 115 cm³/mol. The Morgan fingerprint density at radius 2 is 1.81 bits per heavy atom. The van der Waals surface area contributed by atoms with Crippen molar-refractivity contribution in [3.05, 3.63) is 65.2 Å². The Hall–Kier alpha value is -3.72. The number of benzene rings is 2. The van der Waals surface area contributed by atoms with Gasteiger partial charge in [-0.1, -0.05) is 12.1 Å². The van der Waals surface area contributed by atoms with E-state index >= 15 is 0 Å². The molecule has 0 spiro atoms. The van der Waals surface area contributed by atoms with Crippen molar-refractivity contribution < 1.29 is 19.1 Å². The maximum atomic E-state index is 12.4. The minimum Gasteiger partial charge on any atom is -0.454 e. The molecule has 1 saturated heterocycles. The normalized spacial score (nSPS) is 13.7. The molecule has 0 radical (unpaired) electrons. The number of fused-ring (bicyclic) bond motifs is 1. The van der Waals surface area contributed by atoms with Crippen LogP contribution in [0.2, 0.25) is 0 Å². The zero-order chi connectivity index (χ0) is 21.6. The fourth-order valence-corrected chi connectivity index (χ4v) is 3.32. The van der Waals surface area contributed by atoms with Gasteiger partial charge in [0, 0.05) is 24.5 Å². The van der Waals surface area contributed by atoms with Gasteiger partial charge in [-0.25, -0.2) is 4.98 Å². The lowest BCUT2D eigenvalue weighted by Crippen LogP contribution is -2.36. The fraction of sp³-hybridized carbons (Fsp3) is 0.273. The van der Waals surface area contributed by atoms with Gasteiger partial charge in [-0.2, -0.15) is 0 Å². The molecule has 1 aliphatic heterocycles. The van der Waals surface area contributed by atoms with Crippen LogP contribution in [0.3, 0.4) is 0 Å². The van der Waals surface area contributed by atoms with Crippen LogP contribution in [0.15, 0.2) is 59.7 Å². The Labute approximate surface area is 178 Å². The maximum absolute atomic E-state index is 12.4. The molecule has 1 amide bonds. The number of amides is 1. The molecule has 9 nitrogen and oxygen atoms in total. The number of anilines is 2. The number of aromatic nitrogens is 2. The van der Waals surface area contributed by atoms with Crippen LogP contribution in [0.4, 0.5) is 11.4 Å². The number of morpholine rings is 1. The number of para-hydroxylation sites is 1. The summed E-state index contributed by atoms with van der Waals surface area (Å²) in [7, 11) is 0. The first kappa shape index (κ1) is 20.5. The second-order valence-electron chi connectivity index (χ2n) is 7.05. The summed E-state index contributed by atoms with van der Waals surface area (Å²) in [5, 5.41) is 3.10. The standard InChI is InChI=1S/C22H22N4O5/c27-20(24-16-5-7-17(8-6-16)25-9-11-30-12-10-25)14-31-21(28)13-26-15-23-19-4-2-1-3-18(19)22(26)29/h1-8,15H,9-14H2,(H,24,27). The highest BCUT2D eigenvalue weighted by molar-refractivity contribution is 5.93. The summed E-state index contributed by atoms with van der Waals surface area (Å²) >= 11 is 0. The summed E-state index contributed by atoms with van der Waals surface area (Å²) < 4.78 is 11.5. The quantitative estimate of drug-likeness (QED) is 0.599. The maximum Gasteiger partial charge on any atom is 0.326 e. The van der Waals surface area contributed by atoms with E-state index in [1.165, 1.54) is 6.33 Å². The van der Waals surface area contributed by atoms with E-state index < -0.39 is 18.5 Å². The molecule has 0 atom stereocenters. The molecule has 1 fully saturated rings. The van der Waals surface area contributed by atoms with Crippen molar-refractivity contribution in [1.82, 2.24) is 9.55 Å². The second kappa shape index (κ2) is 9.40. The van der Waals surface area contributed by atoms with Gasteiger partial charge in [-0.3, -0.25) is 19.0 Å². The van der Waals surface area contributed by atoms with Gasteiger partial charge in [0.05, 0.1) is 30.4 Å². The van der Waals surface area contributed by atoms with E-state index in [4.69, 9.17) is 9.47 Å². The molecule has 9 heteroatoms. The molecule has 4 rings (SSSR count). The minimum atomic E-state index is -0.697. The van der Waals surface area contributed by atoms with Crippen LogP contribution in [-0.4, -0.2) is 54.3 Å². The SMILES string of the molecule is O=C(COC(=O)Cn1cnc2ccccc2c1=O)Nc1ccc(N2CCOCC2)cc1. The first-order valence-corrected chi connectivity index (χ1v) is 9.92. The molecule has 2 aromatic carbocycles. The van der Waals surface area contributed by atoms with E-state index in [1.54, 1.807) is 36.4 Å². The van der Waals surface area contributed by atoms with E-state index in [1.807, 2.05) is 12.1 Å². The molecule has 0 aliphatic carbocycles. The Balaban J connectivity index is 1.28. The minimum absolute atomic E-state index is 0.321. The van der Waals surface area contributed by atoms with Gasteiger partial charge in [-0.15, -0.1) is 0 Å². The number of ether oxygens (including phenoxy) is 2. The largest absolute Gasteiger partial charge is 0.454 e. The van der Waals surface area contributed by atoms with Crippen molar-refractivity contribution in [1.29, 1.82) is 0 Å².